The molecule has 0 fully saturated rings. The highest BCUT2D eigenvalue weighted by Gasteiger charge is 2.13. The Morgan fingerprint density at radius 2 is 2.18 bits per heavy atom. The molecule has 0 unspecified atom stereocenters. The fraction of sp³-hybridized carbons (Fsp3) is 0.200. The summed E-state index contributed by atoms with van der Waals surface area (Å²) in [6.45, 7) is 1.76. The van der Waals surface area contributed by atoms with E-state index in [4.69, 9.17) is 0 Å². The van der Waals surface area contributed by atoms with Crippen LogP contribution in [0.25, 0.3) is 0 Å². The molecule has 1 N–H and O–H groups in total. The van der Waals surface area contributed by atoms with Crippen LogP contribution in [0, 0.1) is 18.6 Å². The van der Waals surface area contributed by atoms with E-state index >= 15 is 0 Å². The molecule has 7 heteroatoms. The van der Waals surface area contributed by atoms with Gasteiger partial charge in [-0.05, 0) is 35.0 Å². The van der Waals surface area contributed by atoms with Crippen LogP contribution in [0.2, 0.25) is 0 Å². The molecule has 1 heterocycles. The molecule has 0 saturated heterocycles. The van der Waals surface area contributed by atoms with Gasteiger partial charge in [0.05, 0.1) is 4.47 Å². The molecule has 0 aliphatic rings. The van der Waals surface area contributed by atoms with Crippen molar-refractivity contribution in [3.63, 3.8) is 0 Å². The number of hydrogen-bond acceptors (Lipinski definition) is 3. The number of aromatic nitrogens is 3. The Bertz CT molecular complexity index is 544. The van der Waals surface area contributed by atoms with E-state index in [1.54, 1.807) is 6.92 Å². The average molecular weight is 320 g/mol. The van der Waals surface area contributed by atoms with Crippen LogP contribution in [0.5, 0.6) is 0 Å². The molecule has 17 heavy (non-hydrogen) atoms. The molecule has 1 aromatic carbocycles. The Balaban J connectivity index is 2.16. The second kappa shape index (κ2) is 5.14. The van der Waals surface area contributed by atoms with Crippen molar-refractivity contribution < 1.29 is 8.78 Å². The minimum atomic E-state index is -0.579. The van der Waals surface area contributed by atoms with E-state index in [-0.39, 0.29) is 15.8 Å². The molecule has 90 valence electrons. The van der Waals surface area contributed by atoms with Crippen molar-refractivity contribution in [2.24, 2.45) is 0 Å². The Morgan fingerprint density at radius 1 is 1.41 bits per heavy atom. The molecular weight excluding hydrogens is 312 g/mol. The third-order valence-electron chi connectivity index (χ3n) is 2.06. The van der Waals surface area contributed by atoms with E-state index < -0.39 is 11.6 Å². The van der Waals surface area contributed by atoms with Crippen LogP contribution in [0.1, 0.15) is 11.4 Å². The van der Waals surface area contributed by atoms with Gasteiger partial charge >= 0.3 is 0 Å². The number of aromatic amines is 1. The van der Waals surface area contributed by atoms with Crippen molar-refractivity contribution in [2.75, 3.05) is 0 Å². The molecule has 0 bridgehead atoms. The summed E-state index contributed by atoms with van der Waals surface area (Å²) in [6.07, 6.45) is 0. The van der Waals surface area contributed by atoms with Crippen LogP contribution in [0.3, 0.4) is 0 Å². The zero-order chi connectivity index (χ0) is 12.4. The van der Waals surface area contributed by atoms with Crippen molar-refractivity contribution in [3.05, 3.63) is 39.6 Å². The summed E-state index contributed by atoms with van der Waals surface area (Å²) in [5, 5.41) is 7.02. The minimum Gasteiger partial charge on any atom is -0.262 e. The molecule has 2 aromatic rings. The molecule has 3 nitrogen and oxygen atoms in total. The third kappa shape index (κ3) is 2.84. The first kappa shape index (κ1) is 12.5. The van der Waals surface area contributed by atoms with Gasteiger partial charge < -0.3 is 0 Å². The van der Waals surface area contributed by atoms with Crippen molar-refractivity contribution in [1.82, 2.24) is 15.2 Å². The lowest BCUT2D eigenvalue weighted by molar-refractivity contribution is 0.562. The van der Waals surface area contributed by atoms with E-state index in [0.29, 0.717) is 11.0 Å². The van der Waals surface area contributed by atoms with E-state index in [1.807, 2.05) is 0 Å². The molecule has 2 rings (SSSR count). The standard InChI is InChI=1S/C10H8BrF2N3S/c1-5-14-10(16-15-5)17-4-6-8(12)3-2-7(11)9(6)13/h2-3H,4H2,1H3,(H,14,15,16). The number of nitrogens with zero attached hydrogens (tertiary/aromatic N) is 2. The maximum Gasteiger partial charge on any atom is 0.208 e. The zero-order valence-electron chi connectivity index (χ0n) is 8.80. The van der Waals surface area contributed by atoms with Gasteiger partial charge in [0, 0.05) is 11.3 Å². The van der Waals surface area contributed by atoms with Crippen molar-refractivity contribution in [1.29, 1.82) is 0 Å². The summed E-state index contributed by atoms with van der Waals surface area (Å²) < 4.78 is 27.3. The fourth-order valence-electron chi connectivity index (χ4n) is 1.22. The number of halogens is 3. The van der Waals surface area contributed by atoms with Gasteiger partial charge in [-0.3, -0.25) is 5.10 Å². The van der Waals surface area contributed by atoms with Crippen LogP contribution in [-0.2, 0) is 5.75 Å². The van der Waals surface area contributed by atoms with Crippen molar-refractivity contribution in [2.45, 2.75) is 17.8 Å². The van der Waals surface area contributed by atoms with E-state index in [2.05, 4.69) is 31.1 Å². The van der Waals surface area contributed by atoms with Gasteiger partial charge in [-0.15, -0.1) is 5.10 Å². The van der Waals surface area contributed by atoms with Gasteiger partial charge in [0.25, 0.3) is 0 Å². The molecule has 0 spiro atoms. The van der Waals surface area contributed by atoms with Gasteiger partial charge in [0.15, 0.2) is 0 Å². The number of benzene rings is 1. The van der Waals surface area contributed by atoms with E-state index in [1.165, 1.54) is 23.9 Å². The number of hydrogen-bond donors (Lipinski definition) is 1. The Kier molecular flexibility index (Phi) is 3.78. The maximum atomic E-state index is 13.6. The zero-order valence-corrected chi connectivity index (χ0v) is 11.2. The van der Waals surface area contributed by atoms with Crippen LogP contribution in [-0.4, -0.2) is 15.2 Å². The van der Waals surface area contributed by atoms with Crippen molar-refractivity contribution >= 4 is 27.7 Å². The largest absolute Gasteiger partial charge is 0.262 e. The lowest BCUT2D eigenvalue weighted by Crippen LogP contribution is -1.95. The van der Waals surface area contributed by atoms with Crippen LogP contribution in [0.15, 0.2) is 21.8 Å². The molecule has 0 atom stereocenters. The average Bonchev–Trinajstić information content (AvgIpc) is 2.70. The molecule has 1 aromatic heterocycles. The second-order valence-corrected chi connectivity index (χ2v) is 5.11. The molecule has 0 aliphatic carbocycles. The Labute approximate surface area is 109 Å². The minimum absolute atomic E-state index is 0.0202. The number of rotatable bonds is 3. The quantitative estimate of drug-likeness (QED) is 0.696. The van der Waals surface area contributed by atoms with Gasteiger partial charge in [-0.2, -0.15) is 0 Å². The molecule has 0 radical (unpaired) electrons. The summed E-state index contributed by atoms with van der Waals surface area (Å²) in [5.41, 5.74) is 0.0202. The first-order valence-corrected chi connectivity index (χ1v) is 6.50. The monoisotopic (exact) mass is 319 g/mol. The second-order valence-electron chi connectivity index (χ2n) is 3.31. The smallest absolute Gasteiger partial charge is 0.208 e. The first-order valence-electron chi connectivity index (χ1n) is 4.72. The first-order chi connectivity index (χ1) is 8.08. The highest BCUT2D eigenvalue weighted by atomic mass is 79.9. The predicted octanol–water partition coefficient (Wildman–Crippen LogP) is 3.45. The predicted molar refractivity (Wildman–Crippen MR) is 64.7 cm³/mol. The normalized spacial score (nSPS) is 10.8. The molecular formula is C10H8BrF2N3S. The topological polar surface area (TPSA) is 41.6 Å². The highest BCUT2D eigenvalue weighted by molar-refractivity contribution is 9.10. The summed E-state index contributed by atoms with van der Waals surface area (Å²) in [6, 6.07) is 2.57. The molecule has 0 saturated carbocycles. The number of nitrogens with one attached hydrogen (secondary N) is 1. The maximum absolute atomic E-state index is 13.6. The summed E-state index contributed by atoms with van der Waals surface area (Å²) in [4.78, 5) is 4.05. The fourth-order valence-corrected chi connectivity index (χ4v) is 2.45. The van der Waals surface area contributed by atoms with Crippen LogP contribution >= 0.6 is 27.7 Å². The lowest BCUT2D eigenvalue weighted by atomic mass is 10.2. The lowest BCUT2D eigenvalue weighted by Gasteiger charge is -2.04. The van der Waals surface area contributed by atoms with Gasteiger partial charge in [-0.25, -0.2) is 13.8 Å². The van der Waals surface area contributed by atoms with Gasteiger partial charge in [-0.1, -0.05) is 11.8 Å². The van der Waals surface area contributed by atoms with E-state index in [9.17, 15) is 8.78 Å². The Hall–Kier alpha value is -0.950. The molecule has 0 aliphatic heterocycles. The van der Waals surface area contributed by atoms with Crippen LogP contribution in [0.4, 0.5) is 8.78 Å². The third-order valence-corrected chi connectivity index (χ3v) is 3.55. The summed E-state index contributed by atoms with van der Waals surface area (Å²) in [5.74, 6) is -0.327. The van der Waals surface area contributed by atoms with Gasteiger partial charge in [0.1, 0.15) is 17.5 Å². The summed E-state index contributed by atoms with van der Waals surface area (Å²) >= 11 is 4.20. The number of thioether (sulfide) groups is 1. The molecule has 0 amide bonds. The number of aryl methyl sites for hydroxylation is 1. The van der Waals surface area contributed by atoms with Crippen LogP contribution < -0.4 is 0 Å². The van der Waals surface area contributed by atoms with Gasteiger partial charge in [0.2, 0.25) is 5.16 Å². The Morgan fingerprint density at radius 3 is 2.82 bits per heavy atom. The highest BCUT2D eigenvalue weighted by Crippen LogP contribution is 2.27. The van der Waals surface area contributed by atoms with Crippen molar-refractivity contribution in [3.8, 4) is 0 Å². The SMILES string of the molecule is Cc1nc(SCc2c(F)ccc(Br)c2F)n[nH]1. The number of H-pyrrole nitrogens is 1. The van der Waals surface area contributed by atoms with E-state index in [0.717, 1.165) is 0 Å². The summed E-state index contributed by atoms with van der Waals surface area (Å²) in [7, 11) is 0.